The number of aromatic nitrogens is 1. The quantitative estimate of drug-likeness (QED) is 0.730. The van der Waals surface area contributed by atoms with Gasteiger partial charge in [0, 0.05) is 69.1 Å². The molecule has 1 fully saturated rings. The smallest absolute Gasteiger partial charge is 0.163 e. The summed E-state index contributed by atoms with van der Waals surface area (Å²) in [4.78, 5) is 24.1. The number of piperidine rings is 1. The predicted octanol–water partition coefficient (Wildman–Crippen LogP) is 3.56. The largest absolute Gasteiger partial charge is 0.371 e. The monoisotopic (exact) mass is 390 g/mol. The van der Waals surface area contributed by atoms with Crippen LogP contribution in [0.15, 0.2) is 42.7 Å². The van der Waals surface area contributed by atoms with E-state index < -0.39 is 0 Å². The van der Waals surface area contributed by atoms with Crippen molar-refractivity contribution in [1.82, 2.24) is 9.88 Å². The summed E-state index contributed by atoms with van der Waals surface area (Å²) in [7, 11) is 2.22. The minimum Gasteiger partial charge on any atom is -0.371 e. The number of hydrogen-bond acceptors (Lipinski definition) is 5. The molecule has 29 heavy (non-hydrogen) atoms. The predicted molar refractivity (Wildman–Crippen MR) is 117 cm³/mol. The highest BCUT2D eigenvalue weighted by Gasteiger charge is 2.46. The summed E-state index contributed by atoms with van der Waals surface area (Å²) in [5.74, 6) is 0.815. The summed E-state index contributed by atoms with van der Waals surface area (Å²) >= 11 is 0. The van der Waals surface area contributed by atoms with Crippen molar-refractivity contribution in [2.24, 2.45) is 0 Å². The van der Waals surface area contributed by atoms with Crippen LogP contribution in [0.4, 0.5) is 11.4 Å². The normalized spacial score (nSPS) is 25.7. The number of likely N-dealkylation sites (tertiary alicyclic amines) is 1. The molecular weight excluding hydrogens is 360 g/mol. The van der Waals surface area contributed by atoms with Crippen LogP contribution in [0.2, 0.25) is 0 Å². The maximum Gasteiger partial charge on any atom is 0.163 e. The molecule has 0 aliphatic carbocycles. The summed E-state index contributed by atoms with van der Waals surface area (Å²) in [6, 6.07) is 11.7. The van der Waals surface area contributed by atoms with E-state index in [9.17, 15) is 4.79 Å². The number of pyridine rings is 1. The van der Waals surface area contributed by atoms with Gasteiger partial charge in [-0.15, -0.1) is 0 Å². The fourth-order valence-electron chi connectivity index (χ4n) is 5.73. The van der Waals surface area contributed by atoms with Gasteiger partial charge in [-0.2, -0.15) is 0 Å². The van der Waals surface area contributed by atoms with Crippen LogP contribution in [0.1, 0.15) is 48.0 Å². The Morgan fingerprint density at radius 3 is 2.83 bits per heavy atom. The minimum absolute atomic E-state index is 0.229. The number of carbonyl (C=O) groups is 1. The van der Waals surface area contributed by atoms with Gasteiger partial charge in [-0.25, -0.2) is 0 Å². The standard InChI is InChI=1S/C24H30N4O/c1-17-15-26(2)22-6-3-5-19-20-16-27(14-10-21(20)28(17)24(19)22)13-4-7-23(29)18-8-11-25-12-9-18/h3,5-6,8-9,11-12,17,20-21H,4,7,10,13-16H2,1-2H3. The SMILES string of the molecule is CC1CN(C)c2cccc3c2N1C1CCN(CCCC(=O)c2ccncc2)CC31. The molecule has 5 rings (SSSR count). The van der Waals surface area contributed by atoms with E-state index >= 15 is 0 Å². The molecule has 4 heterocycles. The van der Waals surface area contributed by atoms with Gasteiger partial charge in [0.25, 0.3) is 0 Å². The Kier molecular flexibility index (Phi) is 4.78. The lowest BCUT2D eigenvalue weighted by Gasteiger charge is -2.45. The number of anilines is 2. The highest BCUT2D eigenvalue weighted by Crippen LogP contribution is 2.51. The summed E-state index contributed by atoms with van der Waals surface area (Å²) in [5.41, 5.74) is 5.19. The molecule has 0 saturated carbocycles. The summed E-state index contributed by atoms with van der Waals surface area (Å²) in [6.45, 7) is 6.71. The number of rotatable bonds is 5. The van der Waals surface area contributed by atoms with Gasteiger partial charge in [0.2, 0.25) is 0 Å². The molecular formula is C24H30N4O. The van der Waals surface area contributed by atoms with Crippen LogP contribution in [0.25, 0.3) is 0 Å². The first kappa shape index (κ1) is 18.6. The molecule has 0 bridgehead atoms. The maximum absolute atomic E-state index is 12.4. The Morgan fingerprint density at radius 2 is 2.00 bits per heavy atom. The minimum atomic E-state index is 0.229. The third-order valence-electron chi connectivity index (χ3n) is 7.03. The van der Waals surface area contributed by atoms with Crippen LogP contribution in [0.5, 0.6) is 0 Å². The molecule has 5 nitrogen and oxygen atoms in total. The van der Waals surface area contributed by atoms with Gasteiger partial charge in [0.1, 0.15) is 0 Å². The molecule has 3 atom stereocenters. The van der Waals surface area contributed by atoms with E-state index in [1.165, 1.54) is 23.4 Å². The molecule has 1 aromatic carbocycles. The zero-order chi connectivity index (χ0) is 20.0. The number of likely N-dealkylation sites (N-methyl/N-ethyl adjacent to an activating group) is 1. The fourth-order valence-corrected chi connectivity index (χ4v) is 5.73. The molecule has 0 amide bonds. The van der Waals surface area contributed by atoms with Gasteiger partial charge < -0.3 is 14.7 Å². The van der Waals surface area contributed by atoms with Crippen molar-refractivity contribution in [3.8, 4) is 0 Å². The topological polar surface area (TPSA) is 39.7 Å². The van der Waals surface area contributed by atoms with Crippen LogP contribution in [0, 0.1) is 0 Å². The average molecular weight is 391 g/mol. The summed E-state index contributed by atoms with van der Waals surface area (Å²) < 4.78 is 0. The number of para-hydroxylation sites is 1. The molecule has 1 aromatic heterocycles. The van der Waals surface area contributed by atoms with E-state index in [1.54, 1.807) is 12.4 Å². The second-order valence-electron chi connectivity index (χ2n) is 8.88. The van der Waals surface area contributed by atoms with E-state index in [0.29, 0.717) is 24.4 Å². The van der Waals surface area contributed by atoms with E-state index in [0.717, 1.165) is 38.2 Å². The zero-order valence-electron chi connectivity index (χ0n) is 17.4. The number of hydrogen-bond donors (Lipinski definition) is 0. The maximum atomic E-state index is 12.4. The van der Waals surface area contributed by atoms with Crippen molar-refractivity contribution in [1.29, 1.82) is 0 Å². The van der Waals surface area contributed by atoms with E-state index in [4.69, 9.17) is 0 Å². The highest BCUT2D eigenvalue weighted by atomic mass is 16.1. The highest BCUT2D eigenvalue weighted by molar-refractivity contribution is 5.95. The average Bonchev–Trinajstić information content (AvgIpc) is 3.08. The molecule has 5 heteroatoms. The van der Waals surface area contributed by atoms with Crippen molar-refractivity contribution in [2.45, 2.75) is 44.2 Å². The lowest BCUT2D eigenvalue weighted by molar-refractivity contribution is 0.0970. The lowest BCUT2D eigenvalue weighted by atomic mass is 9.88. The number of fused-ring (bicyclic) bond motifs is 3. The molecule has 2 aromatic rings. The second-order valence-corrected chi connectivity index (χ2v) is 8.88. The van der Waals surface area contributed by atoms with E-state index in [2.05, 4.69) is 51.9 Å². The van der Waals surface area contributed by atoms with Crippen molar-refractivity contribution >= 4 is 17.2 Å². The van der Waals surface area contributed by atoms with Gasteiger partial charge in [-0.3, -0.25) is 9.78 Å². The van der Waals surface area contributed by atoms with Crippen LogP contribution in [-0.2, 0) is 0 Å². The first-order chi connectivity index (χ1) is 14.1. The molecule has 0 radical (unpaired) electrons. The molecule has 1 saturated heterocycles. The zero-order valence-corrected chi connectivity index (χ0v) is 17.4. The van der Waals surface area contributed by atoms with Gasteiger partial charge in [-0.1, -0.05) is 12.1 Å². The lowest BCUT2D eigenvalue weighted by Crippen LogP contribution is -2.53. The van der Waals surface area contributed by atoms with Crippen LogP contribution in [-0.4, -0.2) is 61.0 Å². The third-order valence-corrected chi connectivity index (χ3v) is 7.03. The van der Waals surface area contributed by atoms with Crippen LogP contribution < -0.4 is 9.80 Å². The third kappa shape index (κ3) is 3.21. The molecule has 3 unspecified atom stereocenters. The first-order valence-electron chi connectivity index (χ1n) is 10.9. The molecule has 0 N–H and O–H groups in total. The van der Waals surface area contributed by atoms with Gasteiger partial charge in [0.15, 0.2) is 5.78 Å². The van der Waals surface area contributed by atoms with Crippen LogP contribution >= 0.6 is 0 Å². The molecule has 0 spiro atoms. The molecule has 152 valence electrons. The van der Waals surface area contributed by atoms with Gasteiger partial charge >= 0.3 is 0 Å². The second kappa shape index (κ2) is 7.45. The Labute approximate surface area is 173 Å². The van der Waals surface area contributed by atoms with Crippen molar-refractivity contribution in [3.05, 3.63) is 53.9 Å². The van der Waals surface area contributed by atoms with Crippen LogP contribution in [0.3, 0.4) is 0 Å². The van der Waals surface area contributed by atoms with Crippen molar-refractivity contribution in [2.75, 3.05) is 43.0 Å². The number of nitrogens with zero attached hydrogens (tertiary/aromatic N) is 4. The first-order valence-corrected chi connectivity index (χ1v) is 10.9. The number of ketones is 1. The summed E-state index contributed by atoms with van der Waals surface area (Å²) in [6.07, 6.45) is 6.14. The van der Waals surface area contributed by atoms with Gasteiger partial charge in [0.05, 0.1) is 11.4 Å². The molecule has 3 aliphatic heterocycles. The van der Waals surface area contributed by atoms with Crippen molar-refractivity contribution < 1.29 is 4.79 Å². The molecule has 3 aliphatic rings. The van der Waals surface area contributed by atoms with Crippen molar-refractivity contribution in [3.63, 3.8) is 0 Å². The van der Waals surface area contributed by atoms with E-state index in [1.807, 2.05) is 12.1 Å². The number of Topliss-reactive ketones (excluding diaryl/α,β-unsaturated/α-hetero) is 1. The Bertz CT molecular complexity index is 899. The fraction of sp³-hybridized carbons (Fsp3) is 0.500. The van der Waals surface area contributed by atoms with Gasteiger partial charge in [-0.05, 0) is 50.1 Å². The summed E-state index contributed by atoms with van der Waals surface area (Å²) in [5, 5.41) is 0. The van der Waals surface area contributed by atoms with E-state index in [-0.39, 0.29) is 5.78 Å². The Morgan fingerprint density at radius 1 is 1.17 bits per heavy atom. The number of benzene rings is 1. The number of carbonyl (C=O) groups excluding carboxylic acids is 1. The Hall–Kier alpha value is -2.40. The Balaban J connectivity index is 1.26.